The SMILES string of the molecule is CC(C)c1cn(CCCO)c2cc(Cl)ccc12. The Morgan fingerprint density at radius 1 is 1.35 bits per heavy atom. The van der Waals surface area contributed by atoms with Crippen LogP contribution in [0.25, 0.3) is 10.9 Å². The maximum atomic E-state index is 8.93. The van der Waals surface area contributed by atoms with Crippen LogP contribution < -0.4 is 0 Å². The van der Waals surface area contributed by atoms with Crippen molar-refractivity contribution in [1.82, 2.24) is 4.57 Å². The van der Waals surface area contributed by atoms with E-state index in [1.807, 2.05) is 12.1 Å². The molecule has 2 nitrogen and oxygen atoms in total. The third-order valence-electron chi connectivity index (χ3n) is 3.05. The molecule has 0 aliphatic heterocycles. The molecule has 0 saturated heterocycles. The third-order valence-corrected chi connectivity index (χ3v) is 3.29. The molecule has 0 amide bonds. The summed E-state index contributed by atoms with van der Waals surface area (Å²) in [6, 6.07) is 6.02. The Bertz CT molecular complexity index is 516. The van der Waals surface area contributed by atoms with Crippen LogP contribution in [0.4, 0.5) is 0 Å². The Hall–Kier alpha value is -0.990. The van der Waals surface area contributed by atoms with Gasteiger partial charge in [0.2, 0.25) is 0 Å². The first-order valence-corrected chi connectivity index (χ1v) is 6.40. The molecular formula is C14H18ClNO. The van der Waals surface area contributed by atoms with Gasteiger partial charge in [-0.1, -0.05) is 31.5 Å². The first kappa shape index (κ1) is 12.5. The number of rotatable bonds is 4. The predicted octanol–water partition coefficient (Wildman–Crippen LogP) is 3.80. The first-order chi connectivity index (χ1) is 8.13. The lowest BCUT2D eigenvalue weighted by Gasteiger charge is -2.03. The summed E-state index contributed by atoms with van der Waals surface area (Å²) in [5.74, 6) is 0.494. The molecule has 0 radical (unpaired) electrons. The normalized spacial score (nSPS) is 11.6. The lowest BCUT2D eigenvalue weighted by molar-refractivity contribution is 0.280. The molecule has 0 aliphatic carbocycles. The number of aryl methyl sites for hydroxylation is 1. The van der Waals surface area contributed by atoms with Crippen molar-refractivity contribution in [3.63, 3.8) is 0 Å². The molecule has 2 aromatic rings. The number of benzene rings is 1. The van der Waals surface area contributed by atoms with E-state index in [-0.39, 0.29) is 6.61 Å². The molecule has 2 rings (SSSR count). The molecule has 0 unspecified atom stereocenters. The molecule has 1 aromatic heterocycles. The van der Waals surface area contributed by atoms with Crippen LogP contribution in [0.5, 0.6) is 0 Å². The molecule has 0 bridgehead atoms. The van der Waals surface area contributed by atoms with Crippen molar-refractivity contribution in [3.05, 3.63) is 35.0 Å². The highest BCUT2D eigenvalue weighted by atomic mass is 35.5. The first-order valence-electron chi connectivity index (χ1n) is 6.02. The number of halogens is 1. The van der Waals surface area contributed by atoms with Gasteiger partial charge in [-0.25, -0.2) is 0 Å². The summed E-state index contributed by atoms with van der Waals surface area (Å²) < 4.78 is 2.19. The van der Waals surface area contributed by atoms with Crippen molar-refractivity contribution in [1.29, 1.82) is 0 Å². The van der Waals surface area contributed by atoms with E-state index in [0.717, 1.165) is 23.5 Å². The van der Waals surface area contributed by atoms with Crippen LogP contribution >= 0.6 is 11.6 Å². The Kier molecular flexibility index (Phi) is 3.75. The molecule has 1 aromatic carbocycles. The Labute approximate surface area is 107 Å². The van der Waals surface area contributed by atoms with Gasteiger partial charge in [0, 0.05) is 35.3 Å². The van der Waals surface area contributed by atoms with Gasteiger partial charge in [0.15, 0.2) is 0 Å². The van der Waals surface area contributed by atoms with Gasteiger partial charge in [-0.15, -0.1) is 0 Å². The van der Waals surface area contributed by atoms with Crippen LogP contribution in [0.3, 0.4) is 0 Å². The second-order valence-corrected chi connectivity index (χ2v) is 5.11. The van der Waals surface area contributed by atoms with Crippen LogP contribution in [-0.2, 0) is 6.54 Å². The number of aromatic nitrogens is 1. The van der Waals surface area contributed by atoms with Crippen molar-refractivity contribution in [2.24, 2.45) is 0 Å². The van der Waals surface area contributed by atoms with Gasteiger partial charge in [0.25, 0.3) is 0 Å². The highest BCUT2D eigenvalue weighted by Gasteiger charge is 2.11. The third kappa shape index (κ3) is 2.48. The molecule has 0 aliphatic rings. The van der Waals surface area contributed by atoms with E-state index in [1.165, 1.54) is 10.9 Å². The summed E-state index contributed by atoms with van der Waals surface area (Å²) in [7, 11) is 0. The van der Waals surface area contributed by atoms with Gasteiger partial charge >= 0.3 is 0 Å². The summed E-state index contributed by atoms with van der Waals surface area (Å²) in [5.41, 5.74) is 2.50. The van der Waals surface area contributed by atoms with E-state index in [2.05, 4.69) is 30.7 Å². The topological polar surface area (TPSA) is 25.2 Å². The minimum Gasteiger partial charge on any atom is -0.396 e. The van der Waals surface area contributed by atoms with E-state index in [4.69, 9.17) is 16.7 Å². The van der Waals surface area contributed by atoms with Crippen molar-refractivity contribution in [2.45, 2.75) is 32.7 Å². The molecule has 3 heteroatoms. The maximum Gasteiger partial charge on any atom is 0.0498 e. The zero-order chi connectivity index (χ0) is 12.4. The zero-order valence-corrected chi connectivity index (χ0v) is 11.0. The second-order valence-electron chi connectivity index (χ2n) is 4.67. The van der Waals surface area contributed by atoms with Crippen LogP contribution in [0.1, 0.15) is 31.7 Å². The van der Waals surface area contributed by atoms with Gasteiger partial charge < -0.3 is 9.67 Å². The summed E-state index contributed by atoms with van der Waals surface area (Å²) in [5, 5.41) is 11.0. The van der Waals surface area contributed by atoms with Crippen molar-refractivity contribution in [2.75, 3.05) is 6.61 Å². The van der Waals surface area contributed by atoms with Gasteiger partial charge in [-0.3, -0.25) is 0 Å². The monoisotopic (exact) mass is 251 g/mol. The van der Waals surface area contributed by atoms with Crippen molar-refractivity contribution < 1.29 is 5.11 Å². The van der Waals surface area contributed by atoms with E-state index in [1.54, 1.807) is 0 Å². The molecule has 17 heavy (non-hydrogen) atoms. The van der Waals surface area contributed by atoms with Gasteiger partial charge in [0.05, 0.1) is 0 Å². The average Bonchev–Trinajstić information content (AvgIpc) is 2.64. The molecular weight excluding hydrogens is 234 g/mol. The summed E-state index contributed by atoms with van der Waals surface area (Å²) in [6.07, 6.45) is 2.95. The smallest absolute Gasteiger partial charge is 0.0498 e. The van der Waals surface area contributed by atoms with Crippen LogP contribution in [-0.4, -0.2) is 16.3 Å². The van der Waals surface area contributed by atoms with Crippen LogP contribution in [0, 0.1) is 0 Å². The average molecular weight is 252 g/mol. The fourth-order valence-electron chi connectivity index (χ4n) is 2.18. The second kappa shape index (κ2) is 5.11. The lowest BCUT2D eigenvalue weighted by atomic mass is 10.0. The van der Waals surface area contributed by atoms with E-state index < -0.39 is 0 Å². The van der Waals surface area contributed by atoms with Gasteiger partial charge in [0.1, 0.15) is 0 Å². The highest BCUT2D eigenvalue weighted by molar-refractivity contribution is 6.31. The summed E-state index contributed by atoms with van der Waals surface area (Å²) in [6.45, 7) is 5.44. The standard InChI is InChI=1S/C14H18ClNO/c1-10(2)13-9-16(6-3-7-17)14-8-11(15)4-5-12(13)14/h4-5,8-10,17H,3,6-7H2,1-2H3. The number of hydrogen-bond acceptors (Lipinski definition) is 1. The van der Waals surface area contributed by atoms with E-state index in [9.17, 15) is 0 Å². The molecule has 92 valence electrons. The number of nitrogens with zero attached hydrogens (tertiary/aromatic N) is 1. The highest BCUT2D eigenvalue weighted by Crippen LogP contribution is 2.29. The fourth-order valence-corrected chi connectivity index (χ4v) is 2.35. The molecule has 1 heterocycles. The molecule has 0 saturated carbocycles. The minimum atomic E-state index is 0.219. The maximum absolute atomic E-state index is 8.93. The van der Waals surface area contributed by atoms with Gasteiger partial charge in [-0.2, -0.15) is 0 Å². The number of aliphatic hydroxyl groups excluding tert-OH is 1. The van der Waals surface area contributed by atoms with E-state index >= 15 is 0 Å². The van der Waals surface area contributed by atoms with Crippen molar-refractivity contribution in [3.8, 4) is 0 Å². The molecule has 0 atom stereocenters. The number of fused-ring (bicyclic) bond motifs is 1. The van der Waals surface area contributed by atoms with E-state index in [0.29, 0.717) is 5.92 Å². The van der Waals surface area contributed by atoms with Crippen molar-refractivity contribution >= 4 is 22.5 Å². The molecule has 0 fully saturated rings. The number of aliphatic hydroxyl groups is 1. The largest absolute Gasteiger partial charge is 0.396 e. The molecule has 0 spiro atoms. The molecule has 1 N–H and O–H groups in total. The zero-order valence-electron chi connectivity index (χ0n) is 10.3. The predicted molar refractivity (Wildman–Crippen MR) is 72.7 cm³/mol. The quantitative estimate of drug-likeness (QED) is 0.879. The Balaban J connectivity index is 2.54. The Morgan fingerprint density at radius 3 is 2.76 bits per heavy atom. The summed E-state index contributed by atoms with van der Waals surface area (Å²) >= 11 is 6.05. The summed E-state index contributed by atoms with van der Waals surface area (Å²) in [4.78, 5) is 0. The van der Waals surface area contributed by atoms with Crippen LogP contribution in [0.2, 0.25) is 5.02 Å². The lowest BCUT2D eigenvalue weighted by Crippen LogP contribution is -1.98. The fraction of sp³-hybridized carbons (Fsp3) is 0.429. The minimum absolute atomic E-state index is 0.219. The number of hydrogen-bond donors (Lipinski definition) is 1. The van der Waals surface area contributed by atoms with Crippen LogP contribution in [0.15, 0.2) is 24.4 Å². The van der Waals surface area contributed by atoms with Gasteiger partial charge in [-0.05, 0) is 30.0 Å². The Morgan fingerprint density at radius 2 is 2.12 bits per heavy atom.